The topological polar surface area (TPSA) is 98.7 Å². The van der Waals surface area contributed by atoms with Crippen LogP contribution >= 0.6 is 0 Å². The van der Waals surface area contributed by atoms with Crippen molar-refractivity contribution in [1.29, 1.82) is 0 Å². The van der Waals surface area contributed by atoms with E-state index in [-0.39, 0.29) is 23.0 Å². The Hall–Kier alpha value is -2.24. The van der Waals surface area contributed by atoms with E-state index in [2.05, 4.69) is 24.5 Å². The number of phenolic OH excluding ortho intramolecular Hbond substituents is 1. The summed E-state index contributed by atoms with van der Waals surface area (Å²) in [7, 11) is 0. The number of carboxylic acid groups (broad SMARTS) is 1. The molecular formula is C15H20N2O4. The molecule has 0 heterocycles. The van der Waals surface area contributed by atoms with Gasteiger partial charge in [-0.15, -0.1) is 0 Å². The van der Waals surface area contributed by atoms with Crippen LogP contribution in [0.2, 0.25) is 0 Å². The summed E-state index contributed by atoms with van der Waals surface area (Å²) in [5.74, 6) is -0.395. The number of carbonyl (C=O) groups is 2. The maximum atomic E-state index is 12.0. The largest absolute Gasteiger partial charge is 0.508 e. The van der Waals surface area contributed by atoms with Gasteiger partial charge in [-0.1, -0.05) is 13.8 Å². The first-order chi connectivity index (χ1) is 9.88. The molecule has 0 bridgehead atoms. The third-order valence-corrected chi connectivity index (χ3v) is 4.26. The van der Waals surface area contributed by atoms with Gasteiger partial charge in [-0.3, -0.25) is 0 Å². The van der Waals surface area contributed by atoms with Gasteiger partial charge in [0.2, 0.25) is 0 Å². The number of aromatic hydroxyl groups is 1. The minimum atomic E-state index is -1.20. The molecule has 4 N–H and O–H groups in total. The SMILES string of the molecule is CC1CCC(NC(=O)Nc2ccc(O)cc2C(=O)O)C1C. The summed E-state index contributed by atoms with van der Waals surface area (Å²) in [6.45, 7) is 4.26. The highest BCUT2D eigenvalue weighted by molar-refractivity contribution is 6.00. The molecule has 3 atom stereocenters. The lowest BCUT2D eigenvalue weighted by Gasteiger charge is -2.20. The van der Waals surface area contributed by atoms with Crippen molar-refractivity contribution in [1.82, 2.24) is 5.32 Å². The molecule has 1 aromatic carbocycles. The molecule has 1 fully saturated rings. The molecule has 1 aliphatic rings. The van der Waals surface area contributed by atoms with Crippen LogP contribution in [-0.4, -0.2) is 28.3 Å². The summed E-state index contributed by atoms with van der Waals surface area (Å²) in [5, 5.41) is 23.8. The van der Waals surface area contributed by atoms with Crippen LogP contribution in [0.3, 0.4) is 0 Å². The highest BCUT2D eigenvalue weighted by atomic mass is 16.4. The van der Waals surface area contributed by atoms with E-state index in [1.54, 1.807) is 0 Å². The molecule has 0 aliphatic heterocycles. The molecule has 2 rings (SSSR count). The highest BCUT2D eigenvalue weighted by Crippen LogP contribution is 2.31. The highest BCUT2D eigenvalue weighted by Gasteiger charge is 2.30. The molecule has 0 saturated heterocycles. The number of urea groups is 1. The Labute approximate surface area is 123 Å². The third-order valence-electron chi connectivity index (χ3n) is 4.26. The summed E-state index contributed by atoms with van der Waals surface area (Å²) in [4.78, 5) is 23.1. The molecule has 21 heavy (non-hydrogen) atoms. The van der Waals surface area contributed by atoms with Gasteiger partial charge in [0.05, 0.1) is 11.3 Å². The second-order valence-electron chi connectivity index (χ2n) is 5.65. The molecule has 1 aliphatic carbocycles. The average Bonchev–Trinajstić information content (AvgIpc) is 2.72. The Morgan fingerprint density at radius 1 is 1.24 bits per heavy atom. The monoisotopic (exact) mass is 292 g/mol. The molecule has 1 saturated carbocycles. The number of aromatic carboxylic acids is 1. The van der Waals surface area contributed by atoms with Crippen LogP contribution in [0.15, 0.2) is 18.2 Å². The van der Waals surface area contributed by atoms with Gasteiger partial charge in [-0.25, -0.2) is 9.59 Å². The van der Waals surface area contributed by atoms with Crippen molar-refractivity contribution >= 4 is 17.7 Å². The summed E-state index contributed by atoms with van der Waals surface area (Å²) in [6, 6.07) is 3.50. The Balaban J connectivity index is 2.05. The quantitative estimate of drug-likeness (QED) is 0.644. The fourth-order valence-corrected chi connectivity index (χ4v) is 2.71. The average molecular weight is 292 g/mol. The van der Waals surface area contributed by atoms with E-state index in [9.17, 15) is 14.7 Å². The number of carboxylic acids is 1. The molecule has 0 spiro atoms. The first-order valence-corrected chi connectivity index (χ1v) is 7.02. The zero-order valence-electron chi connectivity index (χ0n) is 12.1. The van der Waals surface area contributed by atoms with Crippen LogP contribution in [0.5, 0.6) is 5.75 Å². The van der Waals surface area contributed by atoms with E-state index in [4.69, 9.17) is 5.11 Å². The van der Waals surface area contributed by atoms with E-state index < -0.39 is 12.0 Å². The summed E-state index contributed by atoms with van der Waals surface area (Å²) >= 11 is 0. The zero-order valence-corrected chi connectivity index (χ0v) is 12.1. The number of hydrogen-bond donors (Lipinski definition) is 4. The number of anilines is 1. The molecule has 6 nitrogen and oxygen atoms in total. The molecule has 114 valence electrons. The fourth-order valence-electron chi connectivity index (χ4n) is 2.71. The molecule has 6 heteroatoms. The Kier molecular flexibility index (Phi) is 4.35. The minimum absolute atomic E-state index is 0.102. The molecule has 1 aromatic rings. The van der Waals surface area contributed by atoms with Crippen molar-refractivity contribution in [2.24, 2.45) is 11.8 Å². The van der Waals surface area contributed by atoms with Crippen LogP contribution in [0, 0.1) is 11.8 Å². The van der Waals surface area contributed by atoms with Gasteiger partial charge in [-0.2, -0.15) is 0 Å². The number of amides is 2. The van der Waals surface area contributed by atoms with Crippen molar-refractivity contribution in [2.45, 2.75) is 32.7 Å². The number of nitrogens with one attached hydrogen (secondary N) is 2. The number of rotatable bonds is 3. The maximum Gasteiger partial charge on any atom is 0.337 e. The lowest BCUT2D eigenvalue weighted by molar-refractivity contribution is 0.0697. The van der Waals surface area contributed by atoms with Crippen molar-refractivity contribution < 1.29 is 19.8 Å². The molecule has 0 aromatic heterocycles. The predicted molar refractivity (Wildman–Crippen MR) is 78.6 cm³/mol. The first-order valence-electron chi connectivity index (χ1n) is 7.02. The zero-order chi connectivity index (χ0) is 15.6. The van der Waals surface area contributed by atoms with E-state index >= 15 is 0 Å². The Morgan fingerprint density at radius 3 is 2.52 bits per heavy atom. The first kappa shape index (κ1) is 15.2. The van der Waals surface area contributed by atoms with Crippen molar-refractivity contribution in [2.75, 3.05) is 5.32 Å². The van der Waals surface area contributed by atoms with Crippen LogP contribution < -0.4 is 10.6 Å². The van der Waals surface area contributed by atoms with Gasteiger partial charge in [-0.05, 0) is 42.9 Å². The van der Waals surface area contributed by atoms with Gasteiger partial charge in [0.1, 0.15) is 5.75 Å². The normalized spacial score (nSPS) is 24.6. The maximum absolute atomic E-state index is 12.0. The fraction of sp³-hybridized carbons (Fsp3) is 0.467. The predicted octanol–water partition coefficient (Wildman–Crippen LogP) is 2.65. The van der Waals surface area contributed by atoms with Gasteiger partial charge in [0, 0.05) is 6.04 Å². The van der Waals surface area contributed by atoms with Crippen LogP contribution in [-0.2, 0) is 0 Å². The number of carbonyl (C=O) groups excluding carboxylic acids is 1. The summed E-state index contributed by atoms with van der Waals surface area (Å²) in [6.07, 6.45) is 2.00. The standard InChI is InChI=1S/C15H20N2O4/c1-8-3-5-12(9(8)2)16-15(21)17-13-6-4-10(18)7-11(13)14(19)20/h4,6-9,12,18H,3,5H2,1-2H3,(H,19,20)(H2,16,17,21). The lowest BCUT2D eigenvalue weighted by Crippen LogP contribution is -2.40. The van der Waals surface area contributed by atoms with Crippen LogP contribution in [0.25, 0.3) is 0 Å². The lowest BCUT2D eigenvalue weighted by atomic mass is 9.98. The Bertz CT molecular complexity index is 559. The van der Waals surface area contributed by atoms with Gasteiger partial charge in [0.25, 0.3) is 0 Å². The second kappa shape index (κ2) is 6.03. The van der Waals surface area contributed by atoms with Crippen molar-refractivity contribution in [3.8, 4) is 5.75 Å². The van der Waals surface area contributed by atoms with Crippen LogP contribution in [0.4, 0.5) is 10.5 Å². The minimum Gasteiger partial charge on any atom is -0.508 e. The van der Waals surface area contributed by atoms with Crippen LogP contribution in [0.1, 0.15) is 37.0 Å². The van der Waals surface area contributed by atoms with E-state index in [1.165, 1.54) is 12.1 Å². The second-order valence-corrected chi connectivity index (χ2v) is 5.65. The van der Waals surface area contributed by atoms with Crippen molar-refractivity contribution in [3.05, 3.63) is 23.8 Å². The smallest absolute Gasteiger partial charge is 0.337 e. The van der Waals surface area contributed by atoms with E-state index in [0.717, 1.165) is 18.9 Å². The van der Waals surface area contributed by atoms with Gasteiger partial charge >= 0.3 is 12.0 Å². The molecule has 2 amide bonds. The molecule has 0 radical (unpaired) electrons. The molecular weight excluding hydrogens is 272 g/mol. The summed E-state index contributed by atoms with van der Waals surface area (Å²) in [5.41, 5.74) is 0.0227. The third kappa shape index (κ3) is 3.45. The van der Waals surface area contributed by atoms with Crippen molar-refractivity contribution in [3.63, 3.8) is 0 Å². The molecule has 3 unspecified atom stereocenters. The number of hydrogen-bond acceptors (Lipinski definition) is 3. The Morgan fingerprint density at radius 2 is 1.95 bits per heavy atom. The van der Waals surface area contributed by atoms with Gasteiger partial charge in [0.15, 0.2) is 0 Å². The number of benzene rings is 1. The summed E-state index contributed by atoms with van der Waals surface area (Å²) < 4.78 is 0. The van der Waals surface area contributed by atoms with Gasteiger partial charge < -0.3 is 20.8 Å². The number of phenols is 1. The van der Waals surface area contributed by atoms with E-state index in [0.29, 0.717) is 11.8 Å². The van der Waals surface area contributed by atoms with E-state index in [1.807, 2.05) is 0 Å².